The van der Waals surface area contributed by atoms with Crippen LogP contribution in [-0.4, -0.2) is 31.0 Å². The van der Waals surface area contributed by atoms with Gasteiger partial charge >= 0.3 is 12.6 Å². The molecule has 0 bridgehead atoms. The number of rotatable bonds is 6. The molecule has 2 aromatic carbocycles. The highest BCUT2D eigenvalue weighted by Gasteiger charge is 2.23. The van der Waals surface area contributed by atoms with Gasteiger partial charge in [0.25, 0.3) is 11.8 Å². The number of ether oxygens (including phenoxy) is 3. The Labute approximate surface area is 184 Å². The molecule has 0 spiro atoms. The van der Waals surface area contributed by atoms with E-state index in [1.807, 2.05) is 24.3 Å². The Morgan fingerprint density at radius 2 is 1.84 bits per heavy atom. The Balaban J connectivity index is 1.32. The molecule has 1 N–H and O–H groups in total. The van der Waals surface area contributed by atoms with E-state index in [-0.39, 0.29) is 11.3 Å². The maximum Gasteiger partial charge on any atom is 0.387 e. The molecule has 3 aromatic rings. The number of fused-ring (bicyclic) bond motifs is 3. The van der Waals surface area contributed by atoms with E-state index in [1.54, 1.807) is 6.07 Å². The van der Waals surface area contributed by atoms with E-state index in [2.05, 4.69) is 10.1 Å². The molecule has 10 heteroatoms. The normalized spacial score (nSPS) is 11.7. The Kier molecular flexibility index (Phi) is 6.13. The average Bonchev–Trinajstić information content (AvgIpc) is 3.22. The van der Waals surface area contributed by atoms with Crippen LogP contribution in [0.25, 0.3) is 10.4 Å². The van der Waals surface area contributed by atoms with Gasteiger partial charge < -0.3 is 14.2 Å². The maximum atomic E-state index is 12.4. The van der Waals surface area contributed by atoms with Crippen molar-refractivity contribution in [1.29, 1.82) is 0 Å². The zero-order valence-electron chi connectivity index (χ0n) is 16.3. The second-order valence-corrected chi connectivity index (χ2v) is 7.66. The van der Waals surface area contributed by atoms with Crippen LogP contribution >= 0.6 is 11.3 Å². The van der Waals surface area contributed by atoms with Crippen LogP contribution in [0.4, 0.5) is 8.78 Å². The third-order valence-corrected chi connectivity index (χ3v) is 5.64. The predicted molar refractivity (Wildman–Crippen MR) is 110 cm³/mol. The minimum absolute atomic E-state index is 0.0518. The number of esters is 1. The lowest BCUT2D eigenvalue weighted by Crippen LogP contribution is -2.34. The molecule has 4 rings (SSSR count). The molecule has 1 aromatic heterocycles. The molecule has 1 aliphatic heterocycles. The Hall–Kier alpha value is -3.79. The summed E-state index contributed by atoms with van der Waals surface area (Å²) in [6, 6.07) is 13.9. The Morgan fingerprint density at radius 3 is 2.59 bits per heavy atom. The number of hydrogen-bond acceptors (Lipinski definition) is 7. The Morgan fingerprint density at radius 1 is 1.09 bits per heavy atom. The van der Waals surface area contributed by atoms with Crippen molar-refractivity contribution in [3.63, 3.8) is 0 Å². The van der Waals surface area contributed by atoms with Gasteiger partial charge in [0.05, 0.1) is 0 Å². The molecule has 1 aliphatic rings. The molecule has 164 valence electrons. The quantitative estimate of drug-likeness (QED) is 0.560. The fraction of sp³-hybridized carbons (Fsp3) is 0.136. The van der Waals surface area contributed by atoms with Gasteiger partial charge in [-0.1, -0.05) is 12.1 Å². The molecular formula is C22H15F2NO6S. The van der Waals surface area contributed by atoms with Gasteiger partial charge in [-0.25, -0.2) is 4.79 Å². The van der Waals surface area contributed by atoms with Crippen molar-refractivity contribution in [2.45, 2.75) is 13.2 Å². The number of nitrogens with one attached hydrogen (secondary N) is 1. The van der Waals surface area contributed by atoms with E-state index in [0.29, 0.717) is 11.5 Å². The third kappa shape index (κ3) is 4.75. The molecular weight excluding hydrogens is 444 g/mol. The summed E-state index contributed by atoms with van der Waals surface area (Å²) in [5, 5.41) is 2.06. The number of carbonyl (C=O) groups is 3. The number of alkyl halides is 2. The smallest absolute Gasteiger partial charge is 0.387 e. The lowest BCUT2D eigenvalue weighted by Gasteiger charge is -2.16. The number of thiophene rings is 1. The van der Waals surface area contributed by atoms with Gasteiger partial charge in [-0.15, -0.1) is 11.3 Å². The number of carbonyl (C=O) groups excluding carboxylic acids is 3. The highest BCUT2D eigenvalue weighted by atomic mass is 32.1. The van der Waals surface area contributed by atoms with Gasteiger partial charge in [-0.05, 0) is 42.5 Å². The van der Waals surface area contributed by atoms with E-state index in [4.69, 9.17) is 9.47 Å². The van der Waals surface area contributed by atoms with Crippen LogP contribution in [-0.2, 0) is 16.1 Å². The zero-order valence-corrected chi connectivity index (χ0v) is 17.1. The summed E-state index contributed by atoms with van der Waals surface area (Å²) >= 11 is 1.24. The first-order valence-corrected chi connectivity index (χ1v) is 10.1. The average molecular weight is 459 g/mol. The van der Waals surface area contributed by atoms with Crippen molar-refractivity contribution >= 4 is 29.1 Å². The lowest BCUT2D eigenvalue weighted by atomic mass is 10.1. The van der Waals surface area contributed by atoms with Crippen LogP contribution in [0.2, 0.25) is 0 Å². The van der Waals surface area contributed by atoms with Crippen molar-refractivity contribution in [2.75, 3.05) is 6.61 Å². The first-order chi connectivity index (χ1) is 15.4. The molecule has 0 saturated heterocycles. The third-order valence-electron chi connectivity index (χ3n) is 4.45. The monoisotopic (exact) mass is 459 g/mol. The van der Waals surface area contributed by atoms with Gasteiger partial charge in [0.1, 0.15) is 23.0 Å². The molecule has 0 atom stereocenters. The minimum Gasteiger partial charge on any atom is -0.488 e. The van der Waals surface area contributed by atoms with Crippen molar-refractivity contribution in [1.82, 2.24) is 5.32 Å². The highest BCUT2D eigenvalue weighted by molar-refractivity contribution is 7.17. The number of hydrogen-bond donors (Lipinski definition) is 1. The van der Waals surface area contributed by atoms with Gasteiger partial charge in [0.15, 0.2) is 6.61 Å². The zero-order chi connectivity index (χ0) is 22.7. The van der Waals surface area contributed by atoms with E-state index in [1.165, 1.54) is 35.6 Å². The van der Waals surface area contributed by atoms with Crippen LogP contribution < -0.4 is 14.8 Å². The minimum atomic E-state index is -2.98. The second-order valence-electron chi connectivity index (χ2n) is 6.61. The molecule has 0 saturated carbocycles. The first-order valence-electron chi connectivity index (χ1n) is 9.32. The van der Waals surface area contributed by atoms with Crippen LogP contribution in [0, 0.1) is 0 Å². The van der Waals surface area contributed by atoms with Crippen LogP contribution in [0.1, 0.15) is 25.6 Å². The number of amides is 2. The highest BCUT2D eigenvalue weighted by Crippen LogP contribution is 2.42. The van der Waals surface area contributed by atoms with Crippen LogP contribution in [0.5, 0.6) is 11.5 Å². The second kappa shape index (κ2) is 9.15. The Bertz CT molecular complexity index is 1180. The molecule has 2 amide bonds. The predicted octanol–water partition coefficient (Wildman–Crippen LogP) is 4.02. The van der Waals surface area contributed by atoms with Crippen LogP contribution in [0.3, 0.4) is 0 Å². The van der Waals surface area contributed by atoms with Gasteiger partial charge in [0.2, 0.25) is 0 Å². The summed E-state index contributed by atoms with van der Waals surface area (Å²) in [7, 11) is 0. The summed E-state index contributed by atoms with van der Waals surface area (Å²) < 4.78 is 39.2. The van der Waals surface area contributed by atoms with Gasteiger partial charge in [-0.2, -0.15) is 8.78 Å². The summed E-state index contributed by atoms with van der Waals surface area (Å²) in [5.41, 5.74) is 1.78. The number of benzene rings is 2. The van der Waals surface area contributed by atoms with Gasteiger partial charge in [-0.3, -0.25) is 14.9 Å². The molecule has 0 radical (unpaired) electrons. The summed E-state index contributed by atoms with van der Waals surface area (Å²) in [4.78, 5) is 37.6. The van der Waals surface area contributed by atoms with Crippen molar-refractivity contribution in [3.05, 3.63) is 70.6 Å². The lowest BCUT2D eigenvalue weighted by molar-refractivity contribution is -0.123. The standard InChI is InChI=1S/C22H15F2NO6S/c23-22(24)31-14-7-5-12(6-8-14)20(27)25-18(26)11-30-21(28)17-9-13-10-29-16-4-2-1-3-15(16)19(13)32-17/h1-9,22H,10-11H2,(H,25,26,27). The van der Waals surface area contributed by atoms with E-state index in [0.717, 1.165) is 21.8 Å². The van der Waals surface area contributed by atoms with Crippen molar-refractivity contribution in [2.24, 2.45) is 0 Å². The van der Waals surface area contributed by atoms with Crippen molar-refractivity contribution < 1.29 is 37.4 Å². The number of para-hydroxylation sites is 1. The summed E-state index contributed by atoms with van der Waals surface area (Å²) in [6.07, 6.45) is 0. The number of halogens is 2. The fourth-order valence-electron chi connectivity index (χ4n) is 3.02. The summed E-state index contributed by atoms with van der Waals surface area (Å²) in [6.45, 7) is -3.32. The maximum absolute atomic E-state index is 12.4. The molecule has 32 heavy (non-hydrogen) atoms. The van der Waals surface area contributed by atoms with Crippen molar-refractivity contribution in [3.8, 4) is 21.9 Å². The van der Waals surface area contributed by atoms with E-state index in [9.17, 15) is 23.2 Å². The number of imide groups is 1. The molecule has 0 unspecified atom stereocenters. The molecule has 0 fully saturated rings. The first kappa shape index (κ1) is 21.4. The van der Waals surface area contributed by atoms with E-state index >= 15 is 0 Å². The van der Waals surface area contributed by atoms with E-state index < -0.39 is 31.0 Å². The van der Waals surface area contributed by atoms with Gasteiger partial charge in [0, 0.05) is 21.6 Å². The summed E-state index contributed by atoms with van der Waals surface area (Å²) in [5.74, 6) is -1.68. The molecule has 2 heterocycles. The largest absolute Gasteiger partial charge is 0.488 e. The molecule has 0 aliphatic carbocycles. The fourth-order valence-corrected chi connectivity index (χ4v) is 4.12. The topological polar surface area (TPSA) is 90.9 Å². The molecule has 7 nitrogen and oxygen atoms in total. The van der Waals surface area contributed by atoms with Crippen LogP contribution in [0.15, 0.2) is 54.6 Å². The SMILES string of the molecule is O=C(COC(=O)c1cc2c(s1)-c1ccccc1OC2)NC(=O)c1ccc(OC(F)F)cc1.